The molecule has 0 fully saturated rings. The van der Waals surface area contributed by atoms with E-state index in [1.54, 1.807) is 12.1 Å². The first-order valence-corrected chi connectivity index (χ1v) is 6.31. The molecule has 1 aliphatic heterocycles. The minimum absolute atomic E-state index is 0.135. The number of halogens is 3. The van der Waals surface area contributed by atoms with Crippen LogP contribution in [-0.2, 0) is 5.60 Å². The van der Waals surface area contributed by atoms with Crippen molar-refractivity contribution in [2.45, 2.75) is 11.8 Å². The van der Waals surface area contributed by atoms with Gasteiger partial charge in [-0.2, -0.15) is 18.4 Å². The Kier molecular flexibility index (Phi) is 2.96. The van der Waals surface area contributed by atoms with Gasteiger partial charge in [0.25, 0.3) is 5.60 Å². The van der Waals surface area contributed by atoms with Crippen LogP contribution in [0.5, 0.6) is 5.75 Å². The molecule has 0 aliphatic carbocycles. The van der Waals surface area contributed by atoms with E-state index in [1.807, 2.05) is 0 Å². The smallest absolute Gasteiger partial charge is 0.440 e. The zero-order valence-corrected chi connectivity index (χ0v) is 11.0. The number of alkyl halides is 3. The lowest BCUT2D eigenvalue weighted by Gasteiger charge is -2.29. The number of benzene rings is 2. The van der Waals surface area contributed by atoms with Gasteiger partial charge in [-0.1, -0.05) is 36.4 Å². The number of hydrogen-bond acceptors (Lipinski definition) is 3. The van der Waals surface area contributed by atoms with Crippen LogP contribution >= 0.6 is 0 Å². The fourth-order valence-corrected chi connectivity index (χ4v) is 2.54. The predicted octanol–water partition coefficient (Wildman–Crippen LogP) is 3.59. The number of nitriles is 1. The molecule has 22 heavy (non-hydrogen) atoms. The van der Waals surface area contributed by atoms with Crippen LogP contribution in [0, 0.1) is 11.3 Å². The van der Waals surface area contributed by atoms with Gasteiger partial charge < -0.3 is 4.74 Å². The summed E-state index contributed by atoms with van der Waals surface area (Å²) in [6.45, 7) is 0. The summed E-state index contributed by atoms with van der Waals surface area (Å²) >= 11 is 0. The molecule has 0 radical (unpaired) electrons. The van der Waals surface area contributed by atoms with E-state index in [4.69, 9.17) is 10.00 Å². The summed E-state index contributed by atoms with van der Waals surface area (Å²) in [6.07, 6.45) is -4.96. The molecule has 2 aromatic rings. The quantitative estimate of drug-likeness (QED) is 0.809. The average molecular weight is 303 g/mol. The molecule has 1 heterocycles. The van der Waals surface area contributed by atoms with Crippen molar-refractivity contribution >= 4 is 5.78 Å². The highest BCUT2D eigenvalue weighted by molar-refractivity contribution is 6.10. The second-order valence-corrected chi connectivity index (χ2v) is 4.77. The highest BCUT2D eigenvalue weighted by Crippen LogP contribution is 2.51. The van der Waals surface area contributed by atoms with Crippen LogP contribution in [0.15, 0.2) is 48.5 Å². The fraction of sp³-hybridized carbons (Fsp3) is 0.125. The SMILES string of the molecule is N#Cc1cccc2c1C(=O)C(c1ccccc1)(C(F)(F)F)O2. The monoisotopic (exact) mass is 303 g/mol. The number of carbonyl (C=O) groups excluding carboxylic acids is 1. The molecule has 6 heteroatoms. The lowest BCUT2D eigenvalue weighted by molar-refractivity contribution is -0.228. The first kappa shape index (κ1) is 14.1. The molecule has 0 saturated heterocycles. The van der Waals surface area contributed by atoms with Gasteiger partial charge >= 0.3 is 6.18 Å². The van der Waals surface area contributed by atoms with E-state index in [2.05, 4.69) is 0 Å². The standard InChI is InChI=1S/C16H8F3NO2/c17-16(18,19)15(11-6-2-1-3-7-11)14(21)13-10(9-20)5-4-8-12(13)22-15/h1-8H. The first-order chi connectivity index (χ1) is 10.4. The minimum Gasteiger partial charge on any atom is -0.464 e. The van der Waals surface area contributed by atoms with Gasteiger partial charge in [0.15, 0.2) is 0 Å². The maximum Gasteiger partial charge on any atom is 0.440 e. The molecule has 0 saturated carbocycles. The van der Waals surface area contributed by atoms with Gasteiger partial charge in [-0.05, 0) is 12.1 Å². The topological polar surface area (TPSA) is 50.1 Å². The van der Waals surface area contributed by atoms with E-state index in [0.717, 1.165) is 0 Å². The van der Waals surface area contributed by atoms with Crippen LogP contribution in [-0.4, -0.2) is 12.0 Å². The molecule has 1 atom stereocenters. The van der Waals surface area contributed by atoms with E-state index in [1.165, 1.54) is 42.5 Å². The summed E-state index contributed by atoms with van der Waals surface area (Å²) in [5.41, 5.74) is -3.88. The lowest BCUT2D eigenvalue weighted by atomic mass is 9.86. The van der Waals surface area contributed by atoms with E-state index in [-0.39, 0.29) is 22.4 Å². The zero-order chi connectivity index (χ0) is 16.0. The minimum atomic E-state index is -4.96. The molecule has 0 N–H and O–H groups in total. The van der Waals surface area contributed by atoms with Gasteiger partial charge in [-0.3, -0.25) is 4.79 Å². The van der Waals surface area contributed by atoms with Crippen molar-refractivity contribution in [2.24, 2.45) is 0 Å². The summed E-state index contributed by atoms with van der Waals surface area (Å²) in [5, 5.41) is 9.02. The van der Waals surface area contributed by atoms with E-state index >= 15 is 0 Å². The maximum atomic E-state index is 13.7. The highest BCUT2D eigenvalue weighted by atomic mass is 19.4. The lowest BCUT2D eigenvalue weighted by Crippen LogP contribution is -2.50. The largest absolute Gasteiger partial charge is 0.464 e. The number of hydrogen-bond donors (Lipinski definition) is 0. The van der Waals surface area contributed by atoms with Crippen molar-refractivity contribution in [3.63, 3.8) is 0 Å². The Morgan fingerprint density at radius 3 is 2.32 bits per heavy atom. The Hall–Kier alpha value is -2.81. The molecule has 1 aliphatic rings. The summed E-state index contributed by atoms with van der Waals surface area (Å²) < 4.78 is 46.2. The van der Waals surface area contributed by atoms with E-state index in [0.29, 0.717) is 0 Å². The number of rotatable bonds is 1. The number of carbonyl (C=O) groups is 1. The third-order valence-electron chi connectivity index (χ3n) is 3.54. The van der Waals surface area contributed by atoms with Crippen molar-refractivity contribution in [1.82, 2.24) is 0 Å². The normalized spacial score (nSPS) is 20.2. The van der Waals surface area contributed by atoms with Crippen LogP contribution in [0.1, 0.15) is 21.5 Å². The Balaban J connectivity index is 2.29. The molecule has 1 unspecified atom stereocenters. The van der Waals surface area contributed by atoms with Crippen molar-refractivity contribution in [3.05, 3.63) is 65.2 Å². The van der Waals surface area contributed by atoms with Crippen LogP contribution in [0.2, 0.25) is 0 Å². The highest BCUT2D eigenvalue weighted by Gasteiger charge is 2.67. The Bertz CT molecular complexity index is 793. The van der Waals surface area contributed by atoms with Gasteiger partial charge in [-0.25, -0.2) is 0 Å². The van der Waals surface area contributed by atoms with Gasteiger partial charge in [0, 0.05) is 5.56 Å². The molecule has 0 amide bonds. The second kappa shape index (κ2) is 4.60. The number of ketones is 1. The number of Topliss-reactive ketones (excluding diaryl/α,β-unsaturated/α-hetero) is 1. The van der Waals surface area contributed by atoms with Gasteiger partial charge in [0.05, 0.1) is 11.1 Å². The summed E-state index contributed by atoms with van der Waals surface area (Å²) in [4.78, 5) is 12.5. The maximum absolute atomic E-state index is 13.7. The number of fused-ring (bicyclic) bond motifs is 1. The Labute approximate surface area is 123 Å². The Morgan fingerprint density at radius 2 is 1.73 bits per heavy atom. The summed E-state index contributed by atoms with van der Waals surface area (Å²) in [7, 11) is 0. The molecule has 3 nitrogen and oxygen atoms in total. The fourth-order valence-electron chi connectivity index (χ4n) is 2.54. The zero-order valence-electron chi connectivity index (χ0n) is 11.0. The van der Waals surface area contributed by atoms with Crippen LogP contribution in [0.25, 0.3) is 0 Å². The van der Waals surface area contributed by atoms with Gasteiger partial charge in [0.1, 0.15) is 11.8 Å². The van der Waals surface area contributed by atoms with Crippen LogP contribution < -0.4 is 4.74 Å². The van der Waals surface area contributed by atoms with Crippen LogP contribution in [0.4, 0.5) is 13.2 Å². The molecule has 2 aromatic carbocycles. The first-order valence-electron chi connectivity index (χ1n) is 6.31. The number of nitrogens with zero attached hydrogens (tertiary/aromatic N) is 1. The third-order valence-corrected chi connectivity index (χ3v) is 3.54. The van der Waals surface area contributed by atoms with Gasteiger partial charge in [0.2, 0.25) is 5.78 Å². The molecule has 110 valence electrons. The Morgan fingerprint density at radius 1 is 1.05 bits per heavy atom. The molecule has 3 rings (SSSR count). The van der Waals surface area contributed by atoms with Crippen LogP contribution in [0.3, 0.4) is 0 Å². The molecule has 0 aromatic heterocycles. The molecule has 0 spiro atoms. The average Bonchev–Trinajstić information content (AvgIpc) is 2.82. The molecule has 0 bridgehead atoms. The summed E-state index contributed by atoms with van der Waals surface area (Å²) in [6, 6.07) is 12.4. The summed E-state index contributed by atoms with van der Waals surface area (Å²) in [5.74, 6) is -1.50. The van der Waals surface area contributed by atoms with Crippen molar-refractivity contribution in [1.29, 1.82) is 5.26 Å². The van der Waals surface area contributed by atoms with Crippen molar-refractivity contribution in [2.75, 3.05) is 0 Å². The van der Waals surface area contributed by atoms with E-state index in [9.17, 15) is 18.0 Å². The third kappa shape index (κ3) is 1.72. The van der Waals surface area contributed by atoms with Crippen molar-refractivity contribution in [3.8, 4) is 11.8 Å². The van der Waals surface area contributed by atoms with Crippen molar-refractivity contribution < 1.29 is 22.7 Å². The predicted molar refractivity (Wildman–Crippen MR) is 70.3 cm³/mol. The second-order valence-electron chi connectivity index (χ2n) is 4.77. The van der Waals surface area contributed by atoms with Gasteiger partial charge in [-0.15, -0.1) is 0 Å². The molecular formula is C16H8F3NO2. The number of ether oxygens (including phenoxy) is 1. The molecular weight excluding hydrogens is 295 g/mol. The van der Waals surface area contributed by atoms with E-state index < -0.39 is 17.6 Å².